The van der Waals surface area contributed by atoms with E-state index in [1.807, 2.05) is 0 Å². The molecule has 0 aliphatic heterocycles. The summed E-state index contributed by atoms with van der Waals surface area (Å²) in [6.45, 7) is 1.48. The van der Waals surface area contributed by atoms with Crippen molar-refractivity contribution in [1.29, 1.82) is 0 Å². The Bertz CT molecular complexity index is 461. The minimum absolute atomic E-state index is 0.0693. The first-order chi connectivity index (χ1) is 8.56. The molecule has 0 amide bonds. The molecule has 3 N–H and O–H groups in total. The predicted octanol–water partition coefficient (Wildman–Crippen LogP) is 1.52. The summed E-state index contributed by atoms with van der Waals surface area (Å²) < 4.78 is 0. The van der Waals surface area contributed by atoms with Crippen molar-refractivity contribution in [1.82, 2.24) is 0 Å². The fraction of sp³-hybridized carbons (Fsp3) is 0.214. The Morgan fingerprint density at radius 3 is 2.56 bits per heavy atom. The lowest BCUT2D eigenvalue weighted by Gasteiger charge is -2.06. The van der Waals surface area contributed by atoms with Gasteiger partial charge in [-0.25, -0.2) is 0 Å². The second-order valence-corrected chi connectivity index (χ2v) is 3.87. The number of hydrogen-bond acceptors (Lipinski definition) is 4. The molecule has 0 heterocycles. The smallest absolute Gasteiger partial charge is 0.154 e. The summed E-state index contributed by atoms with van der Waals surface area (Å²) in [6.07, 6.45) is 5.08. The molecule has 0 aliphatic carbocycles. The molecule has 18 heavy (non-hydrogen) atoms. The summed E-state index contributed by atoms with van der Waals surface area (Å²) in [5, 5.41) is 27.8. The number of carbonyl (C=O) groups is 1. The van der Waals surface area contributed by atoms with Crippen molar-refractivity contribution in [2.75, 3.05) is 0 Å². The quantitative estimate of drug-likeness (QED) is 0.545. The van der Waals surface area contributed by atoms with Crippen molar-refractivity contribution >= 4 is 12.4 Å². The highest BCUT2D eigenvalue weighted by Crippen LogP contribution is 2.19. The highest BCUT2D eigenvalue weighted by atomic mass is 16.3. The van der Waals surface area contributed by atoms with E-state index in [9.17, 15) is 15.0 Å². The highest BCUT2D eigenvalue weighted by Gasteiger charge is 2.05. The zero-order valence-corrected chi connectivity index (χ0v) is 10.0. The fourth-order valence-electron chi connectivity index (χ4n) is 1.34. The van der Waals surface area contributed by atoms with Crippen molar-refractivity contribution in [3.8, 4) is 5.75 Å². The summed E-state index contributed by atoms with van der Waals surface area (Å²) in [5.74, 6) is -0.0693. The SMILES string of the molecule is C[C@@H](O)[C@@H](O)/C=C/C=C/c1cccc(O)c1C=O. The van der Waals surface area contributed by atoms with Crippen LogP contribution in [0, 0.1) is 0 Å². The summed E-state index contributed by atoms with van der Waals surface area (Å²) >= 11 is 0. The standard InChI is InChI=1S/C14H16O4/c1-10(16)13(17)7-3-2-5-11-6-4-8-14(18)12(11)9-15/h2-10,13,16-18H,1H3/b5-2+,7-3+/t10-,13+/m1/s1. The maximum absolute atomic E-state index is 10.8. The van der Waals surface area contributed by atoms with Crippen molar-refractivity contribution in [2.45, 2.75) is 19.1 Å². The van der Waals surface area contributed by atoms with E-state index in [0.29, 0.717) is 11.8 Å². The molecular formula is C14H16O4. The molecule has 1 aromatic carbocycles. The monoisotopic (exact) mass is 248 g/mol. The van der Waals surface area contributed by atoms with E-state index in [-0.39, 0.29) is 11.3 Å². The molecule has 0 spiro atoms. The lowest BCUT2D eigenvalue weighted by molar-refractivity contribution is 0.0619. The molecule has 1 rings (SSSR count). The number of aliphatic hydroxyl groups is 2. The number of aliphatic hydroxyl groups excluding tert-OH is 2. The molecule has 0 fully saturated rings. The number of hydrogen-bond donors (Lipinski definition) is 3. The van der Waals surface area contributed by atoms with Gasteiger partial charge in [-0.15, -0.1) is 0 Å². The number of allylic oxidation sites excluding steroid dienone is 2. The van der Waals surface area contributed by atoms with Crippen LogP contribution in [0.1, 0.15) is 22.8 Å². The lowest BCUT2D eigenvalue weighted by Crippen LogP contribution is -2.19. The summed E-state index contributed by atoms with van der Waals surface area (Å²) in [4.78, 5) is 10.8. The van der Waals surface area contributed by atoms with E-state index in [2.05, 4.69) is 0 Å². The van der Waals surface area contributed by atoms with E-state index in [4.69, 9.17) is 5.11 Å². The molecule has 0 saturated carbocycles. The van der Waals surface area contributed by atoms with Gasteiger partial charge in [0, 0.05) is 0 Å². The highest BCUT2D eigenvalue weighted by molar-refractivity contribution is 5.85. The van der Waals surface area contributed by atoms with Gasteiger partial charge in [-0.05, 0) is 18.6 Å². The van der Waals surface area contributed by atoms with Gasteiger partial charge in [0.05, 0.1) is 17.8 Å². The molecule has 0 radical (unpaired) electrons. The van der Waals surface area contributed by atoms with Crippen LogP contribution in [0.25, 0.3) is 6.08 Å². The Morgan fingerprint density at radius 2 is 1.94 bits per heavy atom. The van der Waals surface area contributed by atoms with Crippen molar-refractivity contribution in [3.05, 3.63) is 47.6 Å². The van der Waals surface area contributed by atoms with Gasteiger partial charge in [-0.1, -0.05) is 36.4 Å². The van der Waals surface area contributed by atoms with Crippen LogP contribution in [-0.2, 0) is 0 Å². The zero-order valence-electron chi connectivity index (χ0n) is 10.0. The molecule has 0 bridgehead atoms. The second kappa shape index (κ2) is 6.74. The van der Waals surface area contributed by atoms with E-state index < -0.39 is 12.2 Å². The second-order valence-electron chi connectivity index (χ2n) is 3.87. The molecule has 4 heteroatoms. The number of rotatable bonds is 5. The van der Waals surface area contributed by atoms with Crippen molar-refractivity contribution < 1.29 is 20.1 Å². The zero-order chi connectivity index (χ0) is 13.5. The van der Waals surface area contributed by atoms with Crippen LogP contribution in [0.15, 0.2) is 36.4 Å². The minimum Gasteiger partial charge on any atom is -0.507 e. The van der Waals surface area contributed by atoms with Gasteiger partial charge in [0.25, 0.3) is 0 Å². The Hall–Kier alpha value is -1.91. The van der Waals surface area contributed by atoms with Crippen LogP contribution in [0.3, 0.4) is 0 Å². The first-order valence-corrected chi connectivity index (χ1v) is 5.54. The Morgan fingerprint density at radius 1 is 1.22 bits per heavy atom. The first kappa shape index (κ1) is 14.2. The third-order valence-corrected chi connectivity index (χ3v) is 2.42. The van der Waals surface area contributed by atoms with Crippen molar-refractivity contribution in [2.24, 2.45) is 0 Å². The Kier molecular flexibility index (Phi) is 5.30. The Labute approximate surface area is 106 Å². The number of phenolic OH excluding ortho intramolecular Hbond substituents is 1. The third kappa shape index (κ3) is 3.84. The Balaban J connectivity index is 2.79. The molecule has 2 atom stereocenters. The van der Waals surface area contributed by atoms with Crippen LogP contribution >= 0.6 is 0 Å². The van der Waals surface area contributed by atoms with Crippen LogP contribution in [0.4, 0.5) is 0 Å². The molecule has 0 aromatic heterocycles. The maximum atomic E-state index is 10.8. The number of carbonyl (C=O) groups excluding carboxylic acids is 1. The molecular weight excluding hydrogens is 232 g/mol. The van der Waals surface area contributed by atoms with Gasteiger partial charge < -0.3 is 15.3 Å². The topological polar surface area (TPSA) is 77.8 Å². The number of aromatic hydroxyl groups is 1. The van der Waals surface area contributed by atoms with Crippen LogP contribution < -0.4 is 0 Å². The number of aldehydes is 1. The number of phenols is 1. The normalized spacial score (nSPS) is 15.1. The van der Waals surface area contributed by atoms with E-state index in [1.165, 1.54) is 19.1 Å². The van der Waals surface area contributed by atoms with Gasteiger partial charge in [0.1, 0.15) is 5.75 Å². The van der Waals surface area contributed by atoms with Crippen molar-refractivity contribution in [3.63, 3.8) is 0 Å². The maximum Gasteiger partial charge on any atom is 0.154 e. The molecule has 0 saturated heterocycles. The fourth-order valence-corrected chi connectivity index (χ4v) is 1.34. The van der Waals surface area contributed by atoms with Gasteiger partial charge in [0.2, 0.25) is 0 Å². The van der Waals surface area contributed by atoms with Gasteiger partial charge in [-0.3, -0.25) is 4.79 Å². The first-order valence-electron chi connectivity index (χ1n) is 5.54. The molecule has 1 aromatic rings. The summed E-state index contributed by atoms with van der Waals surface area (Å²) in [5.41, 5.74) is 0.805. The van der Waals surface area contributed by atoms with Crippen LogP contribution in [-0.4, -0.2) is 33.8 Å². The summed E-state index contributed by atoms with van der Waals surface area (Å²) in [6, 6.07) is 4.77. The van der Waals surface area contributed by atoms with Crippen LogP contribution in [0.2, 0.25) is 0 Å². The van der Waals surface area contributed by atoms with Gasteiger partial charge in [-0.2, -0.15) is 0 Å². The van der Waals surface area contributed by atoms with Crippen LogP contribution in [0.5, 0.6) is 5.75 Å². The van der Waals surface area contributed by atoms with E-state index >= 15 is 0 Å². The molecule has 0 unspecified atom stereocenters. The average molecular weight is 248 g/mol. The van der Waals surface area contributed by atoms with Gasteiger partial charge in [0.15, 0.2) is 6.29 Å². The largest absolute Gasteiger partial charge is 0.507 e. The molecule has 96 valence electrons. The van der Waals surface area contributed by atoms with Gasteiger partial charge >= 0.3 is 0 Å². The summed E-state index contributed by atoms with van der Waals surface area (Å²) in [7, 11) is 0. The predicted molar refractivity (Wildman–Crippen MR) is 69.4 cm³/mol. The molecule has 0 aliphatic rings. The lowest BCUT2D eigenvalue weighted by atomic mass is 10.1. The van der Waals surface area contributed by atoms with E-state index in [0.717, 1.165) is 0 Å². The minimum atomic E-state index is -0.927. The molecule has 4 nitrogen and oxygen atoms in total. The third-order valence-electron chi connectivity index (χ3n) is 2.42. The number of benzene rings is 1. The average Bonchev–Trinajstić information content (AvgIpc) is 2.34. The van der Waals surface area contributed by atoms with E-state index in [1.54, 1.807) is 30.4 Å².